The van der Waals surface area contributed by atoms with Gasteiger partial charge in [-0.15, -0.1) is 0 Å². The summed E-state index contributed by atoms with van der Waals surface area (Å²) in [5.74, 6) is 6.16. The molecule has 1 aromatic rings. The van der Waals surface area contributed by atoms with E-state index in [1.165, 1.54) is 0 Å². The zero-order valence-electron chi connectivity index (χ0n) is 9.50. The zero-order chi connectivity index (χ0) is 11.4. The summed E-state index contributed by atoms with van der Waals surface area (Å²) in [4.78, 5) is 0. The van der Waals surface area contributed by atoms with E-state index in [4.69, 9.17) is 17.4 Å². The van der Waals surface area contributed by atoms with Gasteiger partial charge in [0.2, 0.25) is 0 Å². The molecule has 0 saturated heterocycles. The van der Waals surface area contributed by atoms with Gasteiger partial charge < -0.3 is 0 Å². The fraction of sp³-hybridized carbons (Fsp3) is 0.700. The van der Waals surface area contributed by atoms with Crippen LogP contribution in [0, 0.1) is 5.92 Å². The summed E-state index contributed by atoms with van der Waals surface area (Å²) in [7, 11) is 1.88. The van der Waals surface area contributed by atoms with E-state index < -0.39 is 0 Å². The summed E-state index contributed by atoms with van der Waals surface area (Å²) < 4.78 is 1.77. The number of aryl methyl sites for hydroxylation is 1. The van der Waals surface area contributed by atoms with Crippen LogP contribution in [0.3, 0.4) is 0 Å². The summed E-state index contributed by atoms with van der Waals surface area (Å²) in [6.07, 6.45) is 3.75. The summed E-state index contributed by atoms with van der Waals surface area (Å²) in [5, 5.41) is 4.78. The Balaban J connectivity index is 2.82. The zero-order valence-corrected chi connectivity index (χ0v) is 10.3. The molecule has 0 aliphatic heterocycles. The largest absolute Gasteiger partial charge is 0.271 e. The van der Waals surface area contributed by atoms with Crippen molar-refractivity contribution in [2.45, 2.75) is 32.7 Å². The van der Waals surface area contributed by atoms with Gasteiger partial charge >= 0.3 is 0 Å². The highest BCUT2D eigenvalue weighted by Gasteiger charge is 2.19. The molecule has 86 valence electrons. The first-order chi connectivity index (χ1) is 7.10. The molecule has 15 heavy (non-hydrogen) atoms. The van der Waals surface area contributed by atoms with Crippen molar-refractivity contribution in [3.63, 3.8) is 0 Å². The number of hydrazine groups is 1. The molecule has 1 aromatic heterocycles. The van der Waals surface area contributed by atoms with Crippen LogP contribution in [-0.2, 0) is 7.05 Å². The van der Waals surface area contributed by atoms with Crippen molar-refractivity contribution >= 4 is 11.6 Å². The van der Waals surface area contributed by atoms with Crippen molar-refractivity contribution in [3.8, 4) is 0 Å². The van der Waals surface area contributed by atoms with E-state index in [9.17, 15) is 0 Å². The van der Waals surface area contributed by atoms with E-state index in [1.54, 1.807) is 10.9 Å². The lowest BCUT2D eigenvalue weighted by atomic mass is 9.98. The lowest BCUT2D eigenvalue weighted by Gasteiger charge is -2.20. The Kier molecular flexibility index (Phi) is 4.57. The topological polar surface area (TPSA) is 55.9 Å². The van der Waals surface area contributed by atoms with Crippen molar-refractivity contribution in [1.82, 2.24) is 15.2 Å². The third-order valence-electron chi connectivity index (χ3n) is 2.80. The van der Waals surface area contributed by atoms with Crippen LogP contribution in [0.5, 0.6) is 0 Å². The smallest absolute Gasteiger partial charge is 0.0834 e. The summed E-state index contributed by atoms with van der Waals surface area (Å²) >= 11 is 6.07. The summed E-state index contributed by atoms with van der Waals surface area (Å²) in [6.45, 7) is 4.37. The molecule has 5 heteroatoms. The monoisotopic (exact) mass is 230 g/mol. The van der Waals surface area contributed by atoms with Crippen molar-refractivity contribution in [3.05, 3.63) is 16.9 Å². The maximum absolute atomic E-state index is 6.07. The lowest BCUT2D eigenvalue weighted by Crippen LogP contribution is -2.31. The van der Waals surface area contributed by atoms with Crippen LogP contribution in [0.25, 0.3) is 0 Å². The highest BCUT2D eigenvalue weighted by atomic mass is 35.5. The van der Waals surface area contributed by atoms with Gasteiger partial charge in [-0.25, -0.2) is 0 Å². The van der Waals surface area contributed by atoms with Crippen molar-refractivity contribution in [2.75, 3.05) is 0 Å². The third kappa shape index (κ3) is 2.93. The van der Waals surface area contributed by atoms with Crippen LogP contribution in [0.15, 0.2) is 6.20 Å². The van der Waals surface area contributed by atoms with Gasteiger partial charge in [-0.1, -0.05) is 31.9 Å². The number of hydrogen-bond acceptors (Lipinski definition) is 3. The number of nitrogens with two attached hydrogens (primary N) is 1. The van der Waals surface area contributed by atoms with Crippen LogP contribution in [0.2, 0.25) is 5.02 Å². The van der Waals surface area contributed by atoms with Crippen LogP contribution < -0.4 is 11.3 Å². The minimum Gasteiger partial charge on any atom is -0.271 e. The highest BCUT2D eigenvalue weighted by molar-refractivity contribution is 6.31. The third-order valence-corrected chi connectivity index (χ3v) is 3.10. The van der Waals surface area contributed by atoms with Crippen molar-refractivity contribution < 1.29 is 0 Å². The molecule has 2 unspecified atom stereocenters. The van der Waals surface area contributed by atoms with Gasteiger partial charge in [-0.3, -0.25) is 16.0 Å². The number of hydrogen-bond donors (Lipinski definition) is 2. The molecule has 0 saturated carbocycles. The maximum Gasteiger partial charge on any atom is 0.0834 e. The normalized spacial score (nSPS) is 15.3. The molecule has 0 amide bonds. The second kappa shape index (κ2) is 5.49. The van der Waals surface area contributed by atoms with E-state index in [0.29, 0.717) is 10.9 Å². The maximum atomic E-state index is 6.07. The predicted octanol–water partition coefficient (Wildman–Crippen LogP) is 2.01. The van der Waals surface area contributed by atoms with Crippen LogP contribution in [0.4, 0.5) is 0 Å². The molecule has 0 bridgehead atoms. The summed E-state index contributed by atoms with van der Waals surface area (Å²) in [6, 6.07) is 0.0694. The lowest BCUT2D eigenvalue weighted by molar-refractivity contribution is 0.391. The number of aromatic nitrogens is 2. The average molecular weight is 231 g/mol. The molecular formula is C10H19ClN4. The molecule has 0 spiro atoms. The average Bonchev–Trinajstić information content (AvgIpc) is 2.55. The predicted molar refractivity (Wildman–Crippen MR) is 62.4 cm³/mol. The Morgan fingerprint density at radius 1 is 1.67 bits per heavy atom. The standard InChI is InChI=1S/C10H19ClN4/c1-4-7(2)5-9(14-12)10-8(11)6-13-15(10)3/h6-7,9,14H,4-5,12H2,1-3H3. The van der Waals surface area contributed by atoms with Crippen LogP contribution in [0.1, 0.15) is 38.4 Å². The van der Waals surface area contributed by atoms with Crippen LogP contribution in [-0.4, -0.2) is 9.78 Å². The minimum absolute atomic E-state index is 0.0694. The number of nitrogens with zero attached hydrogens (tertiary/aromatic N) is 2. The first-order valence-corrected chi connectivity index (χ1v) is 5.61. The molecule has 0 aliphatic rings. The molecule has 4 nitrogen and oxygen atoms in total. The molecule has 3 N–H and O–H groups in total. The van der Waals surface area contributed by atoms with E-state index >= 15 is 0 Å². The van der Waals surface area contributed by atoms with Crippen molar-refractivity contribution in [1.29, 1.82) is 0 Å². The first kappa shape index (κ1) is 12.5. The van der Waals surface area contributed by atoms with Gasteiger partial charge in [0.25, 0.3) is 0 Å². The van der Waals surface area contributed by atoms with E-state index in [1.807, 2.05) is 7.05 Å². The van der Waals surface area contributed by atoms with Gasteiger partial charge in [0, 0.05) is 7.05 Å². The van der Waals surface area contributed by atoms with Gasteiger partial charge in [-0.05, 0) is 12.3 Å². The van der Waals surface area contributed by atoms with Gasteiger partial charge in [-0.2, -0.15) is 5.10 Å². The van der Waals surface area contributed by atoms with Gasteiger partial charge in [0.15, 0.2) is 0 Å². The second-order valence-corrected chi connectivity index (χ2v) is 4.38. The fourth-order valence-electron chi connectivity index (χ4n) is 1.64. The number of nitrogens with one attached hydrogen (secondary N) is 1. The SMILES string of the molecule is CCC(C)CC(NN)c1c(Cl)cnn1C. The Morgan fingerprint density at radius 3 is 2.73 bits per heavy atom. The minimum atomic E-state index is 0.0694. The van der Waals surface area contributed by atoms with E-state index in [-0.39, 0.29) is 6.04 Å². The molecule has 0 aromatic carbocycles. The Morgan fingerprint density at radius 2 is 2.33 bits per heavy atom. The molecule has 0 fully saturated rings. The van der Waals surface area contributed by atoms with E-state index in [2.05, 4.69) is 24.4 Å². The highest BCUT2D eigenvalue weighted by Crippen LogP contribution is 2.27. The summed E-state index contributed by atoms with van der Waals surface area (Å²) in [5.41, 5.74) is 3.76. The first-order valence-electron chi connectivity index (χ1n) is 5.23. The molecule has 0 aliphatic carbocycles. The second-order valence-electron chi connectivity index (χ2n) is 3.97. The molecule has 2 atom stereocenters. The molecule has 0 radical (unpaired) electrons. The quantitative estimate of drug-likeness (QED) is 0.601. The van der Waals surface area contributed by atoms with Gasteiger partial charge in [0.05, 0.1) is 23.0 Å². The number of halogens is 1. The van der Waals surface area contributed by atoms with Gasteiger partial charge in [0.1, 0.15) is 0 Å². The Bertz CT molecular complexity index is 291. The Hall–Kier alpha value is -0.580. The molecule has 1 heterocycles. The molecule has 1 rings (SSSR count). The van der Waals surface area contributed by atoms with E-state index in [0.717, 1.165) is 18.5 Å². The fourth-order valence-corrected chi connectivity index (χ4v) is 1.94. The van der Waals surface area contributed by atoms with Crippen molar-refractivity contribution in [2.24, 2.45) is 18.8 Å². The van der Waals surface area contributed by atoms with Crippen LogP contribution >= 0.6 is 11.6 Å². The molecular weight excluding hydrogens is 212 g/mol. The number of rotatable bonds is 5. The Labute approximate surface area is 95.8 Å².